The highest BCUT2D eigenvalue weighted by molar-refractivity contribution is 7.89. The first-order chi connectivity index (χ1) is 18.6. The molecule has 10 heteroatoms. The number of para-hydroxylation sites is 1. The van der Waals surface area contributed by atoms with Crippen LogP contribution in [0.2, 0.25) is 0 Å². The van der Waals surface area contributed by atoms with Crippen LogP contribution in [0.4, 0.5) is 0 Å². The van der Waals surface area contributed by atoms with Gasteiger partial charge in [-0.1, -0.05) is 48.5 Å². The summed E-state index contributed by atoms with van der Waals surface area (Å²) < 4.78 is 36.6. The normalized spacial score (nSPS) is 17.8. The molecule has 4 aromatic rings. The van der Waals surface area contributed by atoms with Gasteiger partial charge >= 0.3 is 5.97 Å². The van der Waals surface area contributed by atoms with Crippen molar-refractivity contribution in [2.45, 2.75) is 57.1 Å². The van der Waals surface area contributed by atoms with Gasteiger partial charge in [-0.3, -0.25) is 4.79 Å². The third-order valence-electron chi connectivity index (χ3n) is 7.58. The van der Waals surface area contributed by atoms with E-state index in [-0.39, 0.29) is 30.5 Å². The van der Waals surface area contributed by atoms with E-state index in [1.54, 1.807) is 28.9 Å². The van der Waals surface area contributed by atoms with Crippen LogP contribution in [0.1, 0.15) is 53.5 Å². The average molecular weight is 549 g/mol. The highest BCUT2D eigenvalue weighted by Crippen LogP contribution is 2.36. The lowest BCUT2D eigenvalue weighted by Crippen LogP contribution is -2.36. The summed E-state index contributed by atoms with van der Waals surface area (Å²) in [6, 6.07) is 16.4. The maximum atomic E-state index is 13.7. The van der Waals surface area contributed by atoms with Crippen molar-refractivity contribution in [2.75, 3.05) is 6.54 Å². The van der Waals surface area contributed by atoms with Crippen LogP contribution in [0.25, 0.3) is 11.0 Å². The van der Waals surface area contributed by atoms with Gasteiger partial charge in [-0.25, -0.2) is 13.1 Å². The lowest BCUT2D eigenvalue weighted by Gasteiger charge is -2.25. The Balaban J connectivity index is 1.56. The van der Waals surface area contributed by atoms with E-state index < -0.39 is 21.9 Å². The second-order valence-corrected chi connectivity index (χ2v) is 12.0. The summed E-state index contributed by atoms with van der Waals surface area (Å²) in [5.74, 6) is -0.995. The number of benzene rings is 3. The molecule has 9 nitrogen and oxygen atoms in total. The Bertz CT molecular complexity index is 1660. The van der Waals surface area contributed by atoms with Gasteiger partial charge in [0.2, 0.25) is 10.0 Å². The first kappa shape index (κ1) is 26.8. The number of hydrogen-bond donors (Lipinski definition) is 1. The third-order valence-corrected chi connectivity index (χ3v) is 9.43. The van der Waals surface area contributed by atoms with Crippen LogP contribution >= 0.6 is 0 Å². The number of aromatic nitrogens is 3. The number of nitrogens with zero attached hydrogens (tertiary/aromatic N) is 4. The molecule has 1 aromatic heterocycles. The number of ether oxygens (including phenoxy) is 1. The quantitative estimate of drug-likeness (QED) is 0.360. The summed E-state index contributed by atoms with van der Waals surface area (Å²) >= 11 is 0. The Labute approximate surface area is 228 Å². The van der Waals surface area contributed by atoms with Crippen molar-refractivity contribution in [3.05, 3.63) is 82.4 Å². The first-order valence-electron chi connectivity index (χ1n) is 13.0. The maximum Gasteiger partial charge on any atom is 0.304 e. The van der Waals surface area contributed by atoms with Crippen LogP contribution in [0.5, 0.6) is 5.75 Å². The van der Waals surface area contributed by atoms with Gasteiger partial charge < -0.3 is 9.84 Å². The lowest BCUT2D eigenvalue weighted by atomic mass is 9.84. The van der Waals surface area contributed by atoms with E-state index in [1.807, 2.05) is 58.2 Å². The Morgan fingerprint density at radius 3 is 2.67 bits per heavy atom. The van der Waals surface area contributed by atoms with Crippen molar-refractivity contribution in [3.8, 4) is 5.75 Å². The molecule has 0 saturated heterocycles. The van der Waals surface area contributed by atoms with E-state index >= 15 is 0 Å². The van der Waals surface area contributed by atoms with Crippen molar-refractivity contribution in [1.82, 2.24) is 19.3 Å². The molecule has 204 valence electrons. The van der Waals surface area contributed by atoms with E-state index in [9.17, 15) is 18.3 Å². The molecular formula is C29H32N4O5S. The van der Waals surface area contributed by atoms with E-state index in [0.29, 0.717) is 12.2 Å². The molecule has 0 spiro atoms. The number of aryl methyl sites for hydroxylation is 3. The minimum atomic E-state index is -3.81. The van der Waals surface area contributed by atoms with Crippen LogP contribution in [0, 0.1) is 13.8 Å². The van der Waals surface area contributed by atoms with Crippen molar-refractivity contribution < 1.29 is 23.1 Å². The van der Waals surface area contributed by atoms with Crippen LogP contribution < -0.4 is 4.74 Å². The largest absolute Gasteiger partial charge is 0.488 e. The maximum absolute atomic E-state index is 13.7. The van der Waals surface area contributed by atoms with Gasteiger partial charge in [0.15, 0.2) is 0 Å². The highest BCUT2D eigenvalue weighted by Gasteiger charge is 2.34. The number of carbonyl (C=O) groups is 1. The van der Waals surface area contributed by atoms with Gasteiger partial charge in [-0.2, -0.15) is 4.31 Å². The number of fused-ring (bicyclic) bond motifs is 2. The predicted molar refractivity (Wildman–Crippen MR) is 147 cm³/mol. The van der Waals surface area contributed by atoms with E-state index in [4.69, 9.17) is 4.74 Å². The third kappa shape index (κ3) is 5.02. The second-order valence-electron chi connectivity index (χ2n) is 10.1. The summed E-state index contributed by atoms with van der Waals surface area (Å²) in [5.41, 5.74) is 5.89. The van der Waals surface area contributed by atoms with Crippen LogP contribution in [0.15, 0.2) is 59.5 Å². The standard InChI is InChI=1S/C29H32N4O5S/c1-5-22-17-33(39(36,37)27-9-7-6-8-26(27)38-22)16-21-14-20(11-10-18(21)2)24(15-28(34)35)23-12-13-25-29(19(23)3)30-31-32(25)4/h6-14,22,24H,5,15-17H2,1-4H3,(H,34,35)/t22-,24?/m1/s1. The Kier molecular flexibility index (Phi) is 7.17. The fourth-order valence-corrected chi connectivity index (χ4v) is 6.85. The molecule has 5 rings (SSSR count). The van der Waals surface area contributed by atoms with E-state index in [1.165, 1.54) is 4.31 Å². The molecule has 0 fully saturated rings. The molecule has 39 heavy (non-hydrogen) atoms. The zero-order valence-electron chi connectivity index (χ0n) is 22.5. The molecule has 1 N–H and O–H groups in total. The average Bonchev–Trinajstić information content (AvgIpc) is 3.24. The van der Waals surface area contributed by atoms with Gasteiger partial charge in [0.05, 0.1) is 18.5 Å². The number of carboxylic acid groups (broad SMARTS) is 1. The summed E-state index contributed by atoms with van der Waals surface area (Å²) in [5, 5.41) is 18.2. The molecule has 2 atom stereocenters. The smallest absolute Gasteiger partial charge is 0.304 e. The summed E-state index contributed by atoms with van der Waals surface area (Å²) in [7, 11) is -2.00. The van der Waals surface area contributed by atoms with Crippen molar-refractivity contribution in [1.29, 1.82) is 0 Å². The van der Waals surface area contributed by atoms with Crippen LogP contribution in [-0.4, -0.2) is 51.4 Å². The Hall–Kier alpha value is -3.76. The van der Waals surface area contributed by atoms with E-state index in [2.05, 4.69) is 10.3 Å². The molecule has 1 aliphatic heterocycles. The van der Waals surface area contributed by atoms with Crippen LogP contribution in [-0.2, 0) is 28.4 Å². The van der Waals surface area contributed by atoms with Crippen molar-refractivity contribution in [3.63, 3.8) is 0 Å². The fourth-order valence-electron chi connectivity index (χ4n) is 5.28. The minimum absolute atomic E-state index is 0.115. The molecular weight excluding hydrogens is 516 g/mol. The number of carboxylic acids is 1. The lowest BCUT2D eigenvalue weighted by molar-refractivity contribution is -0.137. The van der Waals surface area contributed by atoms with Gasteiger partial charge in [-0.15, -0.1) is 5.10 Å². The minimum Gasteiger partial charge on any atom is -0.488 e. The summed E-state index contributed by atoms with van der Waals surface area (Å²) in [6.07, 6.45) is 0.258. The molecule has 0 amide bonds. The molecule has 0 bridgehead atoms. The van der Waals surface area contributed by atoms with Gasteiger partial charge in [0, 0.05) is 19.5 Å². The molecule has 0 radical (unpaired) electrons. The fraction of sp³-hybridized carbons (Fsp3) is 0.345. The Morgan fingerprint density at radius 1 is 1.15 bits per heavy atom. The van der Waals surface area contributed by atoms with Crippen molar-refractivity contribution >= 4 is 27.0 Å². The van der Waals surface area contributed by atoms with Crippen LogP contribution in [0.3, 0.4) is 0 Å². The number of sulfonamides is 1. The summed E-state index contributed by atoms with van der Waals surface area (Å²) in [4.78, 5) is 12.1. The molecule has 2 heterocycles. The van der Waals surface area contributed by atoms with Gasteiger partial charge in [0.1, 0.15) is 22.3 Å². The zero-order valence-corrected chi connectivity index (χ0v) is 23.3. The monoisotopic (exact) mass is 548 g/mol. The second kappa shape index (κ2) is 10.4. The van der Waals surface area contributed by atoms with Crippen molar-refractivity contribution in [2.24, 2.45) is 7.05 Å². The first-order valence-corrected chi connectivity index (χ1v) is 14.4. The number of hydrogen-bond acceptors (Lipinski definition) is 6. The number of aliphatic carboxylic acids is 1. The van der Waals surface area contributed by atoms with Gasteiger partial charge in [-0.05, 0) is 66.3 Å². The van der Waals surface area contributed by atoms with Gasteiger partial charge in [0.25, 0.3) is 0 Å². The highest BCUT2D eigenvalue weighted by atomic mass is 32.2. The molecule has 1 unspecified atom stereocenters. The molecule has 0 saturated carbocycles. The topological polar surface area (TPSA) is 115 Å². The number of rotatable bonds is 7. The Morgan fingerprint density at radius 2 is 1.92 bits per heavy atom. The SMILES string of the molecule is CC[C@@H]1CN(Cc2cc(C(CC(=O)O)c3ccc4c(nnn4C)c3C)ccc2C)S(=O)(=O)c2ccccc2O1. The molecule has 3 aromatic carbocycles. The predicted octanol–water partition coefficient (Wildman–Crippen LogP) is 4.55. The summed E-state index contributed by atoms with van der Waals surface area (Å²) in [6.45, 7) is 6.22. The zero-order chi connectivity index (χ0) is 27.9. The molecule has 1 aliphatic rings. The van der Waals surface area contributed by atoms with E-state index in [0.717, 1.165) is 38.9 Å². The molecule has 0 aliphatic carbocycles.